The van der Waals surface area contributed by atoms with Crippen LogP contribution >= 0.6 is 11.6 Å². The van der Waals surface area contributed by atoms with Crippen LogP contribution in [0.4, 0.5) is 0 Å². The predicted molar refractivity (Wildman–Crippen MR) is 169 cm³/mol. The summed E-state index contributed by atoms with van der Waals surface area (Å²) in [4.78, 5) is 17.2. The average molecular weight is 604 g/mol. The SMILES string of the molecule is Cc1cc(OCCCc2c(C(=O)NCc3cccn3CC(O)O)[nH]c3c(-c4c(C)nn(C)c4C)cccc23)cc(C)c1Cl. The molecule has 0 aliphatic carbocycles. The first-order valence-electron chi connectivity index (χ1n) is 14.4. The molecule has 43 heavy (non-hydrogen) atoms. The van der Waals surface area contributed by atoms with Crippen LogP contribution in [0.25, 0.3) is 22.0 Å². The Kier molecular flexibility index (Phi) is 8.96. The molecule has 226 valence electrons. The Hall–Kier alpha value is -4.05. The van der Waals surface area contributed by atoms with Crippen molar-refractivity contribution in [1.82, 2.24) is 24.6 Å². The molecule has 0 fully saturated rings. The molecule has 0 aliphatic rings. The van der Waals surface area contributed by atoms with E-state index in [1.165, 1.54) is 0 Å². The summed E-state index contributed by atoms with van der Waals surface area (Å²) in [5.41, 5.74) is 9.02. The van der Waals surface area contributed by atoms with Crippen molar-refractivity contribution in [3.63, 3.8) is 0 Å². The van der Waals surface area contributed by atoms with Crippen LogP contribution in [0.1, 0.15) is 50.7 Å². The Bertz CT molecular complexity index is 1760. The molecule has 0 unspecified atom stereocenters. The van der Waals surface area contributed by atoms with Crippen molar-refractivity contribution in [2.75, 3.05) is 6.61 Å². The number of para-hydroxylation sites is 1. The molecule has 0 atom stereocenters. The number of carbonyl (C=O) groups excluding carboxylic acids is 1. The average Bonchev–Trinajstić information content (AvgIpc) is 3.63. The van der Waals surface area contributed by atoms with Crippen LogP contribution in [0.5, 0.6) is 5.75 Å². The Balaban J connectivity index is 1.44. The van der Waals surface area contributed by atoms with Gasteiger partial charge in [-0.05, 0) is 81.5 Å². The number of amides is 1. The van der Waals surface area contributed by atoms with Gasteiger partial charge in [0.1, 0.15) is 11.4 Å². The normalized spacial score (nSPS) is 11.6. The summed E-state index contributed by atoms with van der Waals surface area (Å²) < 4.78 is 9.66. The van der Waals surface area contributed by atoms with E-state index < -0.39 is 6.29 Å². The van der Waals surface area contributed by atoms with Gasteiger partial charge in [0.05, 0.1) is 30.9 Å². The standard InChI is InChI=1S/C33H38ClN5O4/c1-19-15-24(16-20(2)30(19)34)43-14-8-12-26-25-10-6-11-27(29-21(3)37-38(5)22(29)4)31(25)36-32(26)33(42)35-17-23-9-7-13-39(23)18-28(40)41/h6-7,9-11,13,15-16,28,36,40-41H,8,12,14,17-18H2,1-5H3,(H,35,42). The number of H-pyrrole nitrogens is 1. The molecule has 3 aromatic heterocycles. The molecule has 0 saturated heterocycles. The van der Waals surface area contributed by atoms with Gasteiger partial charge >= 0.3 is 0 Å². The number of rotatable bonds is 11. The number of benzene rings is 2. The highest BCUT2D eigenvalue weighted by atomic mass is 35.5. The highest BCUT2D eigenvalue weighted by molar-refractivity contribution is 6.32. The van der Waals surface area contributed by atoms with E-state index >= 15 is 0 Å². The van der Waals surface area contributed by atoms with Crippen molar-refractivity contribution < 1.29 is 19.7 Å². The molecule has 0 saturated carbocycles. The van der Waals surface area contributed by atoms with E-state index in [0.717, 1.165) is 66.6 Å². The van der Waals surface area contributed by atoms with Gasteiger partial charge in [-0.3, -0.25) is 9.48 Å². The number of aromatic amines is 1. The molecular formula is C33H38ClN5O4. The number of aromatic nitrogens is 4. The topological polar surface area (TPSA) is 117 Å². The number of carbonyl (C=O) groups is 1. The third kappa shape index (κ3) is 6.34. The molecular weight excluding hydrogens is 566 g/mol. The van der Waals surface area contributed by atoms with Crippen molar-refractivity contribution >= 4 is 28.4 Å². The first kappa shape index (κ1) is 30.4. The summed E-state index contributed by atoms with van der Waals surface area (Å²) in [6.07, 6.45) is 1.59. The van der Waals surface area contributed by atoms with Gasteiger partial charge in [-0.2, -0.15) is 5.10 Å². The van der Waals surface area contributed by atoms with Crippen LogP contribution in [0.15, 0.2) is 48.7 Å². The predicted octanol–water partition coefficient (Wildman–Crippen LogP) is 5.51. The van der Waals surface area contributed by atoms with Gasteiger partial charge in [0.25, 0.3) is 5.91 Å². The van der Waals surface area contributed by atoms with Crippen molar-refractivity contribution in [2.24, 2.45) is 7.05 Å². The second kappa shape index (κ2) is 12.7. The minimum absolute atomic E-state index is 0.0235. The highest BCUT2D eigenvalue weighted by Crippen LogP contribution is 2.35. The monoisotopic (exact) mass is 603 g/mol. The number of nitrogens with zero attached hydrogens (tertiary/aromatic N) is 3. The summed E-state index contributed by atoms with van der Waals surface area (Å²) in [7, 11) is 1.93. The van der Waals surface area contributed by atoms with Crippen LogP contribution < -0.4 is 10.1 Å². The number of nitrogens with one attached hydrogen (secondary N) is 2. The summed E-state index contributed by atoms with van der Waals surface area (Å²) >= 11 is 6.32. The van der Waals surface area contributed by atoms with E-state index in [0.29, 0.717) is 25.1 Å². The van der Waals surface area contributed by atoms with Gasteiger partial charge in [0.2, 0.25) is 0 Å². The smallest absolute Gasteiger partial charge is 0.268 e. The third-order valence-corrected chi connectivity index (χ3v) is 8.51. The molecule has 1 amide bonds. The summed E-state index contributed by atoms with van der Waals surface area (Å²) in [6.45, 7) is 8.70. The summed E-state index contributed by atoms with van der Waals surface area (Å²) in [5, 5.41) is 28.2. The van der Waals surface area contributed by atoms with Gasteiger partial charge in [-0.25, -0.2) is 0 Å². The Morgan fingerprint density at radius 3 is 2.53 bits per heavy atom. The lowest BCUT2D eigenvalue weighted by molar-refractivity contribution is -0.0516. The maximum atomic E-state index is 13.7. The van der Waals surface area contributed by atoms with Gasteiger partial charge in [-0.15, -0.1) is 0 Å². The minimum atomic E-state index is -1.48. The molecule has 9 nitrogen and oxygen atoms in total. The lowest BCUT2D eigenvalue weighted by Gasteiger charge is -2.12. The largest absolute Gasteiger partial charge is 0.494 e. The van der Waals surface area contributed by atoms with Gasteiger partial charge in [-0.1, -0.05) is 29.8 Å². The molecule has 0 spiro atoms. The number of hydrogen-bond donors (Lipinski definition) is 4. The van der Waals surface area contributed by atoms with Crippen molar-refractivity contribution in [2.45, 2.75) is 59.9 Å². The van der Waals surface area contributed by atoms with Crippen LogP contribution in [-0.4, -0.2) is 48.3 Å². The summed E-state index contributed by atoms with van der Waals surface area (Å²) in [5.74, 6) is 0.538. The molecule has 5 rings (SSSR count). The summed E-state index contributed by atoms with van der Waals surface area (Å²) in [6, 6.07) is 13.7. The lowest BCUT2D eigenvalue weighted by Crippen LogP contribution is -2.26. The Labute approximate surface area is 256 Å². The second-order valence-electron chi connectivity index (χ2n) is 11.0. The number of aliphatic hydroxyl groups is 2. The first-order valence-corrected chi connectivity index (χ1v) is 14.7. The van der Waals surface area contributed by atoms with E-state index in [9.17, 15) is 15.0 Å². The van der Waals surface area contributed by atoms with Gasteiger partial charge in [0.15, 0.2) is 6.29 Å². The molecule has 10 heteroatoms. The molecule has 2 aromatic carbocycles. The number of ether oxygens (including phenoxy) is 1. The van der Waals surface area contributed by atoms with Crippen LogP contribution in [0, 0.1) is 27.7 Å². The molecule has 3 heterocycles. The van der Waals surface area contributed by atoms with Crippen molar-refractivity contribution in [3.8, 4) is 16.9 Å². The molecule has 0 aliphatic heterocycles. The molecule has 5 aromatic rings. The Morgan fingerprint density at radius 1 is 1.12 bits per heavy atom. The van der Waals surface area contributed by atoms with Crippen LogP contribution in [-0.2, 0) is 26.6 Å². The number of hydrogen-bond acceptors (Lipinski definition) is 5. The zero-order chi connectivity index (χ0) is 30.8. The quantitative estimate of drug-likeness (QED) is 0.117. The van der Waals surface area contributed by atoms with E-state index in [1.807, 2.05) is 75.8 Å². The molecule has 0 bridgehead atoms. The second-order valence-corrected chi connectivity index (χ2v) is 11.4. The number of aliphatic hydroxyl groups excluding tert-OH is 1. The van der Waals surface area contributed by atoms with E-state index in [-0.39, 0.29) is 19.0 Å². The fourth-order valence-electron chi connectivity index (χ4n) is 5.75. The molecule has 4 N–H and O–H groups in total. The zero-order valence-electron chi connectivity index (χ0n) is 25.2. The highest BCUT2D eigenvalue weighted by Gasteiger charge is 2.22. The minimum Gasteiger partial charge on any atom is -0.494 e. The maximum Gasteiger partial charge on any atom is 0.268 e. The lowest BCUT2D eigenvalue weighted by atomic mass is 9.98. The fraction of sp³-hybridized carbons (Fsp3) is 0.333. The zero-order valence-corrected chi connectivity index (χ0v) is 25.9. The van der Waals surface area contributed by atoms with E-state index in [2.05, 4.69) is 21.5 Å². The van der Waals surface area contributed by atoms with Gasteiger partial charge in [0, 0.05) is 46.2 Å². The van der Waals surface area contributed by atoms with Crippen molar-refractivity contribution in [3.05, 3.63) is 93.2 Å². The maximum absolute atomic E-state index is 13.7. The van der Waals surface area contributed by atoms with Crippen molar-refractivity contribution in [1.29, 1.82) is 0 Å². The van der Waals surface area contributed by atoms with Gasteiger partial charge < -0.3 is 29.8 Å². The number of fused-ring (bicyclic) bond motifs is 1. The van der Waals surface area contributed by atoms with Crippen LogP contribution in [0.2, 0.25) is 5.02 Å². The number of halogens is 1. The Morgan fingerprint density at radius 2 is 1.86 bits per heavy atom. The molecule has 0 radical (unpaired) electrons. The third-order valence-electron chi connectivity index (χ3n) is 7.91. The number of aryl methyl sites for hydroxylation is 5. The fourth-order valence-corrected chi connectivity index (χ4v) is 5.86. The van der Waals surface area contributed by atoms with E-state index in [4.69, 9.17) is 16.3 Å². The van der Waals surface area contributed by atoms with Crippen LogP contribution in [0.3, 0.4) is 0 Å². The first-order chi connectivity index (χ1) is 20.5. The van der Waals surface area contributed by atoms with E-state index in [1.54, 1.807) is 10.8 Å².